The molecule has 0 radical (unpaired) electrons. The Balaban J connectivity index is 1.10. The highest BCUT2D eigenvalue weighted by Gasteiger charge is 2.18. The zero-order valence-electron chi connectivity index (χ0n) is 20.9. The second-order valence-corrected chi connectivity index (χ2v) is 9.66. The molecule has 0 spiro atoms. The highest BCUT2D eigenvalue weighted by atomic mass is 32.1. The van der Waals surface area contributed by atoms with Gasteiger partial charge in [-0.3, -0.25) is 15.0 Å². The van der Waals surface area contributed by atoms with Crippen molar-refractivity contribution in [1.82, 2.24) is 10.2 Å². The van der Waals surface area contributed by atoms with E-state index in [-0.39, 0.29) is 16.8 Å². The summed E-state index contributed by atoms with van der Waals surface area (Å²) in [4.78, 5) is 17.2. The van der Waals surface area contributed by atoms with Crippen molar-refractivity contribution in [2.45, 2.75) is 6.54 Å². The fourth-order valence-corrected chi connectivity index (χ4v) is 4.78. The molecule has 5 nitrogen and oxygen atoms in total. The van der Waals surface area contributed by atoms with E-state index in [0.717, 1.165) is 54.2 Å². The molecule has 5 rings (SSSR count). The average molecular weight is 525 g/mol. The summed E-state index contributed by atoms with van der Waals surface area (Å²) in [6.45, 7) is 4.12. The van der Waals surface area contributed by atoms with Gasteiger partial charge in [-0.25, -0.2) is 4.39 Å². The Labute approximate surface area is 227 Å². The number of amides is 1. The van der Waals surface area contributed by atoms with Gasteiger partial charge >= 0.3 is 0 Å². The predicted molar refractivity (Wildman–Crippen MR) is 156 cm³/mol. The summed E-state index contributed by atoms with van der Waals surface area (Å²) in [5.74, 6) is -0.403. The van der Waals surface area contributed by atoms with E-state index >= 15 is 0 Å². The molecule has 0 unspecified atom stereocenters. The Hall–Kier alpha value is -4.07. The van der Waals surface area contributed by atoms with Crippen molar-refractivity contribution >= 4 is 34.6 Å². The highest BCUT2D eigenvalue weighted by Crippen LogP contribution is 2.21. The molecule has 0 bridgehead atoms. The normalized spacial score (nSPS) is 13.7. The van der Waals surface area contributed by atoms with E-state index in [9.17, 15) is 9.18 Å². The van der Waals surface area contributed by atoms with E-state index in [1.54, 1.807) is 18.2 Å². The zero-order valence-corrected chi connectivity index (χ0v) is 21.8. The van der Waals surface area contributed by atoms with E-state index in [4.69, 9.17) is 12.2 Å². The lowest BCUT2D eigenvalue weighted by atomic mass is 10.0. The molecule has 1 aliphatic heterocycles. The summed E-state index contributed by atoms with van der Waals surface area (Å²) < 4.78 is 14.0. The van der Waals surface area contributed by atoms with Crippen molar-refractivity contribution in [3.05, 3.63) is 120 Å². The number of halogens is 1. The number of benzene rings is 4. The molecule has 0 atom stereocenters. The fraction of sp³-hybridized carbons (Fsp3) is 0.161. The predicted octanol–water partition coefficient (Wildman–Crippen LogP) is 5.94. The van der Waals surface area contributed by atoms with Crippen LogP contribution in [-0.2, 0) is 6.54 Å². The molecule has 192 valence electrons. The van der Waals surface area contributed by atoms with E-state index in [2.05, 4.69) is 20.4 Å². The Morgan fingerprint density at radius 2 is 1.39 bits per heavy atom. The molecule has 38 heavy (non-hydrogen) atoms. The summed E-state index contributed by atoms with van der Waals surface area (Å²) in [5.41, 5.74) is 5.35. The molecule has 1 saturated heterocycles. The number of rotatable bonds is 6. The van der Waals surface area contributed by atoms with Gasteiger partial charge in [0.2, 0.25) is 0 Å². The molecule has 7 heteroatoms. The second-order valence-electron chi connectivity index (χ2n) is 9.25. The maximum Gasteiger partial charge on any atom is 0.257 e. The van der Waals surface area contributed by atoms with E-state index in [0.29, 0.717) is 12.1 Å². The van der Waals surface area contributed by atoms with Crippen LogP contribution in [0.25, 0.3) is 11.1 Å². The lowest BCUT2D eigenvalue weighted by Crippen LogP contribution is -2.46. The van der Waals surface area contributed by atoms with Gasteiger partial charge in [0.25, 0.3) is 5.91 Å². The van der Waals surface area contributed by atoms with Crippen LogP contribution in [0.5, 0.6) is 0 Å². The van der Waals surface area contributed by atoms with Gasteiger partial charge in [0, 0.05) is 55.2 Å². The van der Waals surface area contributed by atoms with Crippen LogP contribution in [0, 0.1) is 5.82 Å². The molecule has 1 aliphatic rings. The number of nitrogens with zero attached hydrogens (tertiary/aromatic N) is 2. The molecule has 0 saturated carbocycles. The van der Waals surface area contributed by atoms with Crippen LogP contribution < -0.4 is 15.5 Å². The van der Waals surface area contributed by atoms with Crippen LogP contribution >= 0.6 is 12.2 Å². The van der Waals surface area contributed by atoms with Gasteiger partial charge in [0.15, 0.2) is 5.11 Å². The van der Waals surface area contributed by atoms with E-state index in [1.807, 2.05) is 78.9 Å². The highest BCUT2D eigenvalue weighted by molar-refractivity contribution is 7.80. The summed E-state index contributed by atoms with van der Waals surface area (Å²) in [6, 6.07) is 32.4. The topological polar surface area (TPSA) is 47.6 Å². The SMILES string of the molecule is O=C(NC(=S)Nc1ccc(N2CCN(Cc3ccccc3F)CC2)cc1)c1ccc(-c2ccccc2)cc1. The van der Waals surface area contributed by atoms with Crippen LogP contribution in [0.1, 0.15) is 15.9 Å². The van der Waals surface area contributed by atoms with Crippen molar-refractivity contribution in [2.75, 3.05) is 36.4 Å². The summed E-state index contributed by atoms with van der Waals surface area (Å²) >= 11 is 5.36. The molecule has 2 N–H and O–H groups in total. The van der Waals surface area contributed by atoms with Crippen molar-refractivity contribution in [3.8, 4) is 11.1 Å². The number of piperazine rings is 1. The molecule has 1 heterocycles. The average Bonchev–Trinajstić information content (AvgIpc) is 2.96. The lowest BCUT2D eigenvalue weighted by molar-refractivity contribution is 0.0977. The van der Waals surface area contributed by atoms with Gasteiger partial charge in [-0.2, -0.15) is 0 Å². The lowest BCUT2D eigenvalue weighted by Gasteiger charge is -2.36. The van der Waals surface area contributed by atoms with Crippen LogP contribution in [0.15, 0.2) is 103 Å². The van der Waals surface area contributed by atoms with Crippen molar-refractivity contribution in [3.63, 3.8) is 0 Å². The summed E-state index contributed by atoms with van der Waals surface area (Å²) in [6.07, 6.45) is 0. The van der Waals surface area contributed by atoms with Crippen molar-refractivity contribution in [2.24, 2.45) is 0 Å². The van der Waals surface area contributed by atoms with Gasteiger partial charge in [-0.05, 0) is 65.8 Å². The first-order valence-corrected chi connectivity index (χ1v) is 13.0. The van der Waals surface area contributed by atoms with E-state index < -0.39 is 0 Å². The maximum atomic E-state index is 14.0. The first-order chi connectivity index (χ1) is 18.5. The molecular formula is C31H29FN4OS. The second kappa shape index (κ2) is 12.0. The standard InChI is InChI=1S/C31H29FN4OS/c32-29-9-5-4-8-26(29)22-35-18-20-36(21-19-35)28-16-14-27(15-17-28)33-31(38)34-30(37)25-12-10-24(11-13-25)23-6-2-1-3-7-23/h1-17H,18-22H2,(H2,33,34,37,38). The third-order valence-corrected chi connectivity index (χ3v) is 6.90. The van der Waals surface area contributed by atoms with Crippen LogP contribution in [0.3, 0.4) is 0 Å². The Bertz CT molecular complexity index is 1390. The third kappa shape index (κ3) is 6.43. The van der Waals surface area contributed by atoms with Gasteiger partial charge in [0.1, 0.15) is 5.82 Å². The van der Waals surface area contributed by atoms with Gasteiger partial charge in [0.05, 0.1) is 0 Å². The molecule has 4 aromatic carbocycles. The monoisotopic (exact) mass is 524 g/mol. The molecule has 1 fully saturated rings. The smallest absolute Gasteiger partial charge is 0.257 e. The largest absolute Gasteiger partial charge is 0.369 e. The van der Waals surface area contributed by atoms with Crippen molar-refractivity contribution in [1.29, 1.82) is 0 Å². The van der Waals surface area contributed by atoms with Crippen molar-refractivity contribution < 1.29 is 9.18 Å². The molecular weight excluding hydrogens is 495 g/mol. The Kier molecular flexibility index (Phi) is 8.06. The van der Waals surface area contributed by atoms with Gasteiger partial charge in [-0.1, -0.05) is 60.7 Å². The Morgan fingerprint density at radius 3 is 2.08 bits per heavy atom. The summed E-state index contributed by atoms with van der Waals surface area (Å²) in [7, 11) is 0. The number of hydrogen-bond donors (Lipinski definition) is 2. The molecule has 1 amide bonds. The molecule has 4 aromatic rings. The molecule has 0 aromatic heterocycles. The number of hydrogen-bond acceptors (Lipinski definition) is 4. The Morgan fingerprint density at radius 1 is 0.763 bits per heavy atom. The number of carbonyl (C=O) groups excluding carboxylic acids is 1. The fourth-order valence-electron chi connectivity index (χ4n) is 4.57. The number of anilines is 2. The zero-order chi connectivity index (χ0) is 26.3. The first-order valence-electron chi connectivity index (χ1n) is 12.6. The molecule has 0 aliphatic carbocycles. The maximum absolute atomic E-state index is 14.0. The van der Waals surface area contributed by atoms with Gasteiger partial charge in [-0.15, -0.1) is 0 Å². The first kappa shape index (κ1) is 25.6. The third-order valence-electron chi connectivity index (χ3n) is 6.70. The number of thiocarbonyl (C=S) groups is 1. The number of nitrogens with one attached hydrogen (secondary N) is 2. The minimum atomic E-state index is -0.257. The van der Waals surface area contributed by atoms with Gasteiger partial charge < -0.3 is 10.2 Å². The number of carbonyl (C=O) groups is 1. The minimum Gasteiger partial charge on any atom is -0.369 e. The van der Waals surface area contributed by atoms with E-state index in [1.165, 1.54) is 6.07 Å². The van der Waals surface area contributed by atoms with Crippen LogP contribution in [0.4, 0.5) is 15.8 Å². The quantitative estimate of drug-likeness (QED) is 0.306. The van der Waals surface area contributed by atoms with Crippen LogP contribution in [-0.4, -0.2) is 42.1 Å². The minimum absolute atomic E-state index is 0.145. The van der Waals surface area contributed by atoms with Crippen LogP contribution in [0.2, 0.25) is 0 Å². The summed E-state index contributed by atoms with van der Waals surface area (Å²) in [5, 5.41) is 6.08.